The van der Waals surface area contributed by atoms with Gasteiger partial charge in [-0.25, -0.2) is 0 Å². The van der Waals surface area contributed by atoms with Crippen LogP contribution in [0.5, 0.6) is 0 Å². The third kappa shape index (κ3) is 63.6. The van der Waals surface area contributed by atoms with Crippen LogP contribution in [0.4, 0.5) is 0 Å². The van der Waals surface area contributed by atoms with Gasteiger partial charge in [-0.2, -0.15) is 0 Å². The minimum absolute atomic E-state index is 0.0101. The number of allylic oxidation sites excluding steroid dienone is 2. The van der Waals surface area contributed by atoms with Gasteiger partial charge in [0, 0.05) is 12.8 Å². The lowest BCUT2D eigenvalue weighted by atomic mass is 10.0. The van der Waals surface area contributed by atoms with Crippen molar-refractivity contribution in [1.82, 2.24) is 5.32 Å². The SMILES string of the molecule is CCCCCCCC/C=C\CCCCCCCCCC(=O)OCCCCCCCCCCCCCCCCCCCCCCCC(=O)NC(CO)C(O)CCCCCCCCCCCCCCCCCCCCCCCC. The third-order valence-electron chi connectivity index (χ3n) is 16.8. The maximum Gasteiger partial charge on any atom is 0.305 e. The van der Waals surface area contributed by atoms with E-state index in [0.717, 1.165) is 44.9 Å². The zero-order valence-electron chi connectivity index (χ0n) is 52.5. The molecule has 458 valence electrons. The molecular weight excluding hydrogens is 947 g/mol. The van der Waals surface area contributed by atoms with E-state index in [1.54, 1.807) is 0 Å². The van der Waals surface area contributed by atoms with Gasteiger partial charge in [0.2, 0.25) is 5.91 Å². The number of aliphatic hydroxyl groups is 2. The van der Waals surface area contributed by atoms with Crippen LogP contribution in [-0.2, 0) is 14.3 Å². The van der Waals surface area contributed by atoms with E-state index in [4.69, 9.17) is 4.74 Å². The number of hydrogen-bond donors (Lipinski definition) is 3. The molecule has 0 aromatic heterocycles. The Labute approximate surface area is 482 Å². The van der Waals surface area contributed by atoms with Crippen LogP contribution in [0.1, 0.15) is 406 Å². The van der Waals surface area contributed by atoms with Crippen molar-refractivity contribution in [3.05, 3.63) is 12.2 Å². The molecule has 0 rings (SSSR count). The van der Waals surface area contributed by atoms with E-state index >= 15 is 0 Å². The molecule has 0 bridgehead atoms. The average Bonchev–Trinajstić information content (AvgIpc) is 3.43. The summed E-state index contributed by atoms with van der Waals surface area (Å²) in [5.74, 6) is -0.0208. The monoisotopic (exact) mass is 1090 g/mol. The standard InChI is InChI=1S/C71H139NO5/c1-3-5-7-9-11-13-15-17-19-21-22-23-25-28-32-35-39-43-47-51-55-59-63-69(74)68(67-73)72-70(75)64-60-56-52-48-44-40-36-33-29-26-24-27-30-34-38-42-46-50-54-58-62-66-77-71(76)65-61-57-53-49-45-41-37-31-20-18-16-14-12-10-8-6-4-2/h18,20,68-69,73-74H,3-17,19,21-67H2,1-2H3,(H,72,75)/b20-18-. The number of esters is 1. The summed E-state index contributed by atoms with van der Waals surface area (Å²) in [5.41, 5.74) is 0. The van der Waals surface area contributed by atoms with Gasteiger partial charge in [0.25, 0.3) is 0 Å². The topological polar surface area (TPSA) is 95.9 Å². The molecule has 0 fully saturated rings. The smallest absolute Gasteiger partial charge is 0.305 e. The Morgan fingerprint density at radius 3 is 0.922 bits per heavy atom. The maximum absolute atomic E-state index is 12.5. The fourth-order valence-electron chi connectivity index (χ4n) is 11.4. The van der Waals surface area contributed by atoms with E-state index in [9.17, 15) is 19.8 Å². The predicted molar refractivity (Wildman–Crippen MR) is 338 cm³/mol. The van der Waals surface area contributed by atoms with Crippen molar-refractivity contribution in [3.8, 4) is 0 Å². The van der Waals surface area contributed by atoms with E-state index in [0.29, 0.717) is 25.9 Å². The summed E-state index contributed by atoms with van der Waals surface area (Å²) in [7, 11) is 0. The van der Waals surface area contributed by atoms with Crippen LogP contribution >= 0.6 is 0 Å². The van der Waals surface area contributed by atoms with Crippen LogP contribution in [-0.4, -0.2) is 47.4 Å². The Balaban J connectivity index is 3.37. The maximum atomic E-state index is 12.5. The molecule has 0 aliphatic heterocycles. The van der Waals surface area contributed by atoms with Crippen molar-refractivity contribution in [1.29, 1.82) is 0 Å². The molecule has 6 heteroatoms. The first kappa shape index (κ1) is 75.6. The first-order valence-corrected chi connectivity index (χ1v) is 35.4. The summed E-state index contributed by atoms with van der Waals surface area (Å²) < 4.78 is 5.50. The molecule has 0 aliphatic rings. The predicted octanol–water partition coefficient (Wildman–Crippen LogP) is 22.8. The molecule has 0 heterocycles. The van der Waals surface area contributed by atoms with E-state index < -0.39 is 12.1 Å². The highest BCUT2D eigenvalue weighted by Crippen LogP contribution is 2.19. The Morgan fingerprint density at radius 1 is 0.351 bits per heavy atom. The molecule has 1 amide bonds. The van der Waals surface area contributed by atoms with Crippen molar-refractivity contribution in [2.24, 2.45) is 0 Å². The number of rotatable bonds is 67. The van der Waals surface area contributed by atoms with Gasteiger partial charge in [-0.1, -0.05) is 353 Å². The minimum Gasteiger partial charge on any atom is -0.466 e. The lowest BCUT2D eigenvalue weighted by Gasteiger charge is -2.22. The zero-order chi connectivity index (χ0) is 55.7. The second-order valence-electron chi connectivity index (χ2n) is 24.6. The van der Waals surface area contributed by atoms with Crippen molar-refractivity contribution in [2.45, 2.75) is 418 Å². The van der Waals surface area contributed by atoms with E-state index in [2.05, 4.69) is 31.3 Å². The summed E-state index contributed by atoms with van der Waals surface area (Å²) in [6, 6.07) is -0.543. The van der Waals surface area contributed by atoms with Crippen LogP contribution in [0.2, 0.25) is 0 Å². The normalized spacial score (nSPS) is 12.5. The van der Waals surface area contributed by atoms with Crippen molar-refractivity contribution >= 4 is 11.9 Å². The third-order valence-corrected chi connectivity index (χ3v) is 16.8. The van der Waals surface area contributed by atoms with Gasteiger partial charge in [0.15, 0.2) is 0 Å². The number of hydrogen-bond acceptors (Lipinski definition) is 5. The van der Waals surface area contributed by atoms with Crippen LogP contribution in [0.25, 0.3) is 0 Å². The Kier molecular flexibility index (Phi) is 65.9. The number of unbranched alkanes of at least 4 members (excludes halogenated alkanes) is 54. The molecular formula is C71H139NO5. The molecule has 77 heavy (non-hydrogen) atoms. The van der Waals surface area contributed by atoms with Gasteiger partial charge in [-0.3, -0.25) is 9.59 Å². The van der Waals surface area contributed by atoms with Gasteiger partial charge >= 0.3 is 5.97 Å². The molecule has 0 aliphatic carbocycles. The molecule has 0 saturated carbocycles. The largest absolute Gasteiger partial charge is 0.466 e. The molecule has 0 spiro atoms. The van der Waals surface area contributed by atoms with Crippen LogP contribution in [0.15, 0.2) is 12.2 Å². The van der Waals surface area contributed by atoms with Crippen molar-refractivity contribution in [2.75, 3.05) is 13.2 Å². The zero-order valence-corrected chi connectivity index (χ0v) is 52.5. The van der Waals surface area contributed by atoms with Crippen LogP contribution < -0.4 is 5.32 Å². The fourth-order valence-corrected chi connectivity index (χ4v) is 11.4. The average molecular weight is 1090 g/mol. The molecule has 0 aromatic rings. The summed E-state index contributed by atoms with van der Waals surface area (Å²) in [4.78, 5) is 24.6. The lowest BCUT2D eigenvalue weighted by molar-refractivity contribution is -0.143. The van der Waals surface area contributed by atoms with Gasteiger partial charge in [-0.15, -0.1) is 0 Å². The molecule has 0 aromatic carbocycles. The first-order valence-electron chi connectivity index (χ1n) is 35.4. The first-order chi connectivity index (χ1) is 38.0. The summed E-state index contributed by atoms with van der Waals surface area (Å²) in [5, 5.41) is 23.4. The molecule has 2 unspecified atom stereocenters. The van der Waals surface area contributed by atoms with Crippen LogP contribution in [0.3, 0.4) is 0 Å². The molecule has 0 saturated heterocycles. The number of nitrogens with one attached hydrogen (secondary N) is 1. The van der Waals surface area contributed by atoms with Gasteiger partial charge in [-0.05, 0) is 51.4 Å². The lowest BCUT2D eigenvalue weighted by Crippen LogP contribution is -2.45. The number of carbonyl (C=O) groups is 2. The van der Waals surface area contributed by atoms with E-state index in [1.165, 1.54) is 327 Å². The van der Waals surface area contributed by atoms with Gasteiger partial charge < -0.3 is 20.3 Å². The highest BCUT2D eigenvalue weighted by Gasteiger charge is 2.20. The fraction of sp³-hybridized carbons (Fsp3) is 0.944. The van der Waals surface area contributed by atoms with Gasteiger partial charge in [0.05, 0.1) is 25.4 Å². The van der Waals surface area contributed by atoms with Gasteiger partial charge in [0.1, 0.15) is 0 Å². The number of ether oxygens (including phenoxy) is 1. The number of amides is 1. The Bertz CT molecular complexity index is 1160. The minimum atomic E-state index is -0.666. The summed E-state index contributed by atoms with van der Waals surface area (Å²) in [6.45, 7) is 4.99. The second kappa shape index (κ2) is 67.1. The van der Waals surface area contributed by atoms with Crippen molar-refractivity contribution in [3.63, 3.8) is 0 Å². The second-order valence-corrected chi connectivity index (χ2v) is 24.6. The molecule has 0 radical (unpaired) electrons. The molecule has 6 nitrogen and oxygen atoms in total. The quantitative estimate of drug-likeness (QED) is 0.0320. The highest BCUT2D eigenvalue weighted by atomic mass is 16.5. The Hall–Kier alpha value is -1.40. The van der Waals surface area contributed by atoms with E-state index in [1.807, 2.05) is 0 Å². The van der Waals surface area contributed by atoms with E-state index in [-0.39, 0.29) is 18.5 Å². The Morgan fingerprint density at radius 2 is 0.610 bits per heavy atom. The van der Waals surface area contributed by atoms with Crippen LogP contribution in [0, 0.1) is 0 Å². The molecule has 2 atom stereocenters. The number of carbonyl (C=O) groups excluding carboxylic acids is 2. The highest BCUT2D eigenvalue weighted by molar-refractivity contribution is 5.76. The number of aliphatic hydroxyl groups excluding tert-OH is 2. The summed E-state index contributed by atoms with van der Waals surface area (Å²) >= 11 is 0. The summed E-state index contributed by atoms with van der Waals surface area (Å²) in [6.07, 6.45) is 82.5. The van der Waals surface area contributed by atoms with Crippen molar-refractivity contribution < 1.29 is 24.5 Å². The molecule has 3 N–H and O–H groups in total.